The lowest BCUT2D eigenvalue weighted by Crippen LogP contribution is -2.18. The Morgan fingerprint density at radius 2 is 2.09 bits per heavy atom. The molecule has 0 unspecified atom stereocenters. The number of hydrogen-bond acceptors (Lipinski definition) is 7. The Hall–Kier alpha value is -2.78. The van der Waals surface area contributed by atoms with Crippen molar-refractivity contribution in [2.24, 2.45) is 13.0 Å². The number of aryl methyl sites for hydroxylation is 2. The fraction of sp³-hybridized carbons (Fsp3) is 0.478. The normalized spacial score (nSPS) is 18.8. The van der Waals surface area contributed by atoms with Crippen LogP contribution in [0.2, 0.25) is 0 Å². The standard InChI is InChI=1S/C23H29N7OS/c1-13(2)30-9-7-17(28-30)19-14(3)18-20(25-16-6-5-15(11-16)12-31)26-21(27-23(18)32-19)22-24-8-10-29(22)4/h7-10,13,15-16,31H,5-6,11-12H2,1-4H3,(H,25,26,27)/t15-,16+/m0/s1. The van der Waals surface area contributed by atoms with Crippen LogP contribution in [0.3, 0.4) is 0 Å². The largest absolute Gasteiger partial charge is 0.396 e. The van der Waals surface area contributed by atoms with E-state index in [-0.39, 0.29) is 6.61 Å². The van der Waals surface area contributed by atoms with Crippen molar-refractivity contribution in [1.29, 1.82) is 0 Å². The van der Waals surface area contributed by atoms with Crippen LogP contribution in [0.25, 0.3) is 32.4 Å². The summed E-state index contributed by atoms with van der Waals surface area (Å²) in [6.07, 6.45) is 8.72. The lowest BCUT2D eigenvalue weighted by Gasteiger charge is -2.15. The quantitative estimate of drug-likeness (QED) is 0.451. The van der Waals surface area contributed by atoms with Gasteiger partial charge in [-0.25, -0.2) is 15.0 Å². The van der Waals surface area contributed by atoms with Crippen LogP contribution in [0, 0.1) is 12.8 Å². The van der Waals surface area contributed by atoms with Crippen LogP contribution in [0.1, 0.15) is 44.7 Å². The monoisotopic (exact) mass is 451 g/mol. The van der Waals surface area contributed by atoms with Gasteiger partial charge in [0.05, 0.1) is 10.3 Å². The van der Waals surface area contributed by atoms with Gasteiger partial charge in [0.1, 0.15) is 16.3 Å². The lowest BCUT2D eigenvalue weighted by molar-refractivity contribution is 0.229. The zero-order valence-electron chi connectivity index (χ0n) is 18.9. The highest BCUT2D eigenvalue weighted by molar-refractivity contribution is 7.22. The van der Waals surface area contributed by atoms with E-state index in [9.17, 15) is 5.11 Å². The van der Waals surface area contributed by atoms with E-state index in [1.54, 1.807) is 17.5 Å². The summed E-state index contributed by atoms with van der Waals surface area (Å²) < 4.78 is 3.92. The molecule has 1 aliphatic carbocycles. The molecule has 0 radical (unpaired) electrons. The van der Waals surface area contributed by atoms with Crippen LogP contribution >= 0.6 is 11.3 Å². The molecule has 2 atom stereocenters. The first-order valence-corrected chi connectivity index (χ1v) is 12.0. The van der Waals surface area contributed by atoms with E-state index in [0.29, 0.717) is 23.8 Å². The van der Waals surface area contributed by atoms with E-state index in [2.05, 4.69) is 37.1 Å². The van der Waals surface area contributed by atoms with Gasteiger partial charge in [-0.1, -0.05) is 0 Å². The Labute approximate surface area is 191 Å². The molecule has 168 valence electrons. The molecule has 4 aromatic heterocycles. The fourth-order valence-corrected chi connectivity index (χ4v) is 5.63. The molecule has 1 saturated carbocycles. The van der Waals surface area contributed by atoms with Crippen molar-refractivity contribution < 1.29 is 5.11 Å². The summed E-state index contributed by atoms with van der Waals surface area (Å²) in [5.41, 5.74) is 2.11. The second-order valence-corrected chi connectivity index (χ2v) is 9.97. The number of aliphatic hydroxyl groups excluding tert-OH is 1. The zero-order chi connectivity index (χ0) is 22.4. The molecule has 5 rings (SSSR count). The molecule has 0 saturated heterocycles. The number of aliphatic hydroxyl groups is 1. The van der Waals surface area contributed by atoms with Gasteiger partial charge in [-0.15, -0.1) is 11.3 Å². The summed E-state index contributed by atoms with van der Waals surface area (Å²) in [5, 5.41) is 19.1. The lowest BCUT2D eigenvalue weighted by atomic mass is 10.1. The predicted octanol–water partition coefficient (Wildman–Crippen LogP) is 4.42. The highest BCUT2D eigenvalue weighted by atomic mass is 32.1. The number of fused-ring (bicyclic) bond motifs is 1. The zero-order valence-corrected chi connectivity index (χ0v) is 19.7. The maximum Gasteiger partial charge on any atom is 0.199 e. The molecule has 32 heavy (non-hydrogen) atoms. The third-order valence-corrected chi connectivity index (χ3v) is 7.53. The number of rotatable bonds is 6. The van der Waals surface area contributed by atoms with Crippen LogP contribution in [0.15, 0.2) is 24.7 Å². The summed E-state index contributed by atoms with van der Waals surface area (Å²) in [6, 6.07) is 2.68. The van der Waals surface area contributed by atoms with Crippen molar-refractivity contribution in [2.75, 3.05) is 11.9 Å². The van der Waals surface area contributed by atoms with Gasteiger partial charge in [0.2, 0.25) is 0 Å². The molecule has 0 spiro atoms. The van der Waals surface area contributed by atoms with Gasteiger partial charge < -0.3 is 15.0 Å². The summed E-state index contributed by atoms with van der Waals surface area (Å²) in [5.74, 6) is 2.56. The minimum atomic E-state index is 0.246. The maximum atomic E-state index is 9.56. The Balaban J connectivity index is 1.63. The first-order chi connectivity index (χ1) is 15.4. The number of aromatic nitrogens is 6. The van der Waals surface area contributed by atoms with Crippen molar-refractivity contribution in [3.8, 4) is 22.2 Å². The molecule has 9 heteroatoms. The molecule has 1 fully saturated rings. The first kappa shape index (κ1) is 21.1. The van der Waals surface area contributed by atoms with Crippen LogP contribution in [-0.4, -0.2) is 47.1 Å². The smallest absolute Gasteiger partial charge is 0.199 e. The second-order valence-electron chi connectivity index (χ2n) is 8.97. The Bertz CT molecular complexity index is 1250. The van der Waals surface area contributed by atoms with Gasteiger partial charge in [-0.2, -0.15) is 5.10 Å². The van der Waals surface area contributed by atoms with Crippen LogP contribution in [0.5, 0.6) is 0 Å². The minimum Gasteiger partial charge on any atom is -0.396 e. The number of hydrogen-bond donors (Lipinski definition) is 2. The molecule has 4 heterocycles. The number of nitrogens with one attached hydrogen (secondary N) is 1. The van der Waals surface area contributed by atoms with Gasteiger partial charge in [0, 0.05) is 44.3 Å². The molecule has 8 nitrogen and oxygen atoms in total. The Morgan fingerprint density at radius 1 is 1.25 bits per heavy atom. The molecular formula is C23H29N7OS. The average molecular weight is 452 g/mol. The van der Waals surface area contributed by atoms with Crippen molar-refractivity contribution in [2.45, 2.75) is 52.1 Å². The van der Waals surface area contributed by atoms with E-state index in [4.69, 9.17) is 15.1 Å². The molecule has 4 aromatic rings. The van der Waals surface area contributed by atoms with Crippen molar-refractivity contribution in [3.63, 3.8) is 0 Å². The molecule has 2 N–H and O–H groups in total. The van der Waals surface area contributed by atoms with E-state index in [1.165, 1.54) is 0 Å². The highest BCUT2D eigenvalue weighted by Gasteiger charge is 2.27. The summed E-state index contributed by atoms with van der Waals surface area (Å²) in [6.45, 7) is 6.63. The number of thiophene rings is 1. The van der Waals surface area contributed by atoms with E-state index in [0.717, 1.165) is 57.3 Å². The fourth-order valence-electron chi connectivity index (χ4n) is 4.48. The van der Waals surface area contributed by atoms with Crippen molar-refractivity contribution in [1.82, 2.24) is 29.3 Å². The van der Waals surface area contributed by atoms with E-state index >= 15 is 0 Å². The van der Waals surface area contributed by atoms with E-state index < -0.39 is 0 Å². The average Bonchev–Trinajstić information content (AvgIpc) is 3.54. The molecule has 0 aromatic carbocycles. The van der Waals surface area contributed by atoms with Gasteiger partial charge in [-0.3, -0.25) is 4.68 Å². The molecule has 1 aliphatic rings. The maximum absolute atomic E-state index is 9.56. The number of nitrogens with zero attached hydrogens (tertiary/aromatic N) is 6. The van der Waals surface area contributed by atoms with Gasteiger partial charge >= 0.3 is 0 Å². The third-order valence-electron chi connectivity index (χ3n) is 6.32. The van der Waals surface area contributed by atoms with Gasteiger partial charge in [-0.05, 0) is 57.6 Å². The predicted molar refractivity (Wildman–Crippen MR) is 128 cm³/mol. The second kappa shape index (κ2) is 8.29. The first-order valence-electron chi connectivity index (χ1n) is 11.2. The summed E-state index contributed by atoms with van der Waals surface area (Å²) >= 11 is 1.65. The SMILES string of the molecule is Cc1c(-c2ccn(C(C)C)n2)sc2nc(-c3nccn3C)nc(N[C@@H]3CC[C@H](CO)C3)c12. The Kier molecular flexibility index (Phi) is 5.46. The molecule has 0 bridgehead atoms. The number of imidazole rings is 1. The summed E-state index contributed by atoms with van der Waals surface area (Å²) in [7, 11) is 1.95. The minimum absolute atomic E-state index is 0.246. The van der Waals surface area contributed by atoms with Crippen LogP contribution in [0.4, 0.5) is 5.82 Å². The molecule has 0 amide bonds. The third kappa shape index (κ3) is 3.69. The number of anilines is 1. The Morgan fingerprint density at radius 3 is 2.75 bits per heavy atom. The highest BCUT2D eigenvalue weighted by Crippen LogP contribution is 2.41. The topological polar surface area (TPSA) is 93.7 Å². The van der Waals surface area contributed by atoms with Crippen LogP contribution < -0.4 is 5.32 Å². The van der Waals surface area contributed by atoms with E-state index in [1.807, 2.05) is 28.7 Å². The molecule has 0 aliphatic heterocycles. The van der Waals surface area contributed by atoms with Crippen LogP contribution in [-0.2, 0) is 7.05 Å². The van der Waals surface area contributed by atoms with Gasteiger partial charge in [0.25, 0.3) is 0 Å². The van der Waals surface area contributed by atoms with Gasteiger partial charge in [0.15, 0.2) is 11.6 Å². The molecular weight excluding hydrogens is 422 g/mol. The van der Waals surface area contributed by atoms with Crippen molar-refractivity contribution >= 4 is 27.4 Å². The summed E-state index contributed by atoms with van der Waals surface area (Å²) in [4.78, 5) is 16.4. The van der Waals surface area contributed by atoms with Crippen molar-refractivity contribution in [3.05, 3.63) is 30.2 Å².